The van der Waals surface area contributed by atoms with Crippen LogP contribution in [0.5, 0.6) is 0 Å². The lowest BCUT2D eigenvalue weighted by Gasteiger charge is -2.31. The van der Waals surface area contributed by atoms with Crippen molar-refractivity contribution in [2.24, 2.45) is 0 Å². The molecule has 58 heavy (non-hydrogen) atoms. The molecule has 1 unspecified atom stereocenters. The summed E-state index contributed by atoms with van der Waals surface area (Å²) in [4.78, 5) is 2.36. The molecule has 5 aromatic rings. The zero-order valence-electron chi connectivity index (χ0n) is 34.8. The third kappa shape index (κ3) is 8.18. The van der Waals surface area contributed by atoms with Crippen molar-refractivity contribution in [2.75, 3.05) is 11.4 Å². The molecule has 0 spiro atoms. The number of fused-ring (bicyclic) bond motifs is 1. The Morgan fingerprint density at radius 3 is 2.09 bits per heavy atom. The summed E-state index contributed by atoms with van der Waals surface area (Å²) in [6.45, 7) is 16.2. The lowest BCUT2D eigenvalue weighted by Crippen LogP contribution is -2.25. The highest BCUT2D eigenvalue weighted by Gasteiger charge is 2.41. The quantitative estimate of drug-likeness (QED) is 0.108. The Hall–Kier alpha value is -6.44. The van der Waals surface area contributed by atoms with E-state index in [9.17, 15) is 0 Å². The molecule has 2 aliphatic carbocycles. The third-order valence-electron chi connectivity index (χ3n) is 11.7. The largest absolute Gasteiger partial charge is 0.338 e. The second-order valence-corrected chi connectivity index (χ2v) is 15.2. The van der Waals surface area contributed by atoms with Crippen LogP contribution in [-0.4, -0.2) is 6.54 Å². The average Bonchev–Trinajstić information content (AvgIpc) is 3.61. The minimum atomic E-state index is -0.415. The van der Waals surface area contributed by atoms with Crippen molar-refractivity contribution in [3.8, 4) is 11.1 Å². The van der Waals surface area contributed by atoms with Crippen LogP contribution in [0.1, 0.15) is 78.1 Å². The van der Waals surface area contributed by atoms with Crippen LogP contribution in [0.15, 0.2) is 200 Å². The summed E-state index contributed by atoms with van der Waals surface area (Å²) >= 11 is 0. The molecular formula is C57H55N. The number of rotatable bonds is 13. The highest BCUT2D eigenvalue weighted by atomic mass is 15.1. The second-order valence-electron chi connectivity index (χ2n) is 15.2. The number of anilines is 1. The molecule has 0 heterocycles. The predicted molar refractivity (Wildman–Crippen MR) is 254 cm³/mol. The summed E-state index contributed by atoms with van der Waals surface area (Å²) in [5.74, 6) is 0. The third-order valence-corrected chi connectivity index (χ3v) is 11.7. The Bertz CT molecular complexity index is 2530. The van der Waals surface area contributed by atoms with E-state index in [4.69, 9.17) is 6.58 Å². The fourth-order valence-electron chi connectivity index (χ4n) is 8.53. The maximum Gasteiger partial charge on any atom is 0.0643 e. The molecule has 0 amide bonds. The van der Waals surface area contributed by atoms with Crippen LogP contribution in [0.25, 0.3) is 34.4 Å². The Morgan fingerprint density at radius 2 is 1.40 bits per heavy atom. The molecule has 0 N–H and O–H groups in total. The standard InChI is InChI=1S/C57H55N/c1-7-22-45-35-36-46(44(6)43(45)5)28-21-37-58(54-39-50(47-24-13-10-14-25-47)38-51(40-54)48-26-15-11-16-27-48)42(4)33-34-49-41-57(52(9-3)23-8-2,53-29-17-12-18-30-53)56-32-20-19-31-55(49)56/h7-15,17-26,28-36,38-41H,4,16,27,37H2,1-3,5-6H3/b22-7-,23-8-,28-21-,34-33-,52-9+. The van der Waals surface area contributed by atoms with Gasteiger partial charge in [0.25, 0.3) is 0 Å². The van der Waals surface area contributed by atoms with Gasteiger partial charge in [0.2, 0.25) is 0 Å². The summed E-state index contributed by atoms with van der Waals surface area (Å²) in [5.41, 5.74) is 18.0. The van der Waals surface area contributed by atoms with E-state index in [-0.39, 0.29) is 0 Å². The molecule has 5 aromatic carbocycles. The maximum absolute atomic E-state index is 4.78. The van der Waals surface area contributed by atoms with E-state index in [0.717, 1.165) is 24.2 Å². The maximum atomic E-state index is 4.78. The van der Waals surface area contributed by atoms with E-state index in [0.29, 0.717) is 6.54 Å². The van der Waals surface area contributed by atoms with E-state index in [2.05, 4.69) is 234 Å². The van der Waals surface area contributed by atoms with E-state index in [1.807, 2.05) is 0 Å². The van der Waals surface area contributed by atoms with Gasteiger partial charge in [-0.05, 0) is 144 Å². The van der Waals surface area contributed by atoms with Crippen LogP contribution in [-0.2, 0) is 5.41 Å². The zero-order chi connectivity index (χ0) is 40.5. The van der Waals surface area contributed by atoms with Gasteiger partial charge in [-0.2, -0.15) is 0 Å². The van der Waals surface area contributed by atoms with Gasteiger partial charge in [0, 0.05) is 17.9 Å². The first-order valence-corrected chi connectivity index (χ1v) is 20.7. The Balaban J connectivity index is 1.34. The van der Waals surface area contributed by atoms with Crippen LogP contribution in [0.3, 0.4) is 0 Å². The van der Waals surface area contributed by atoms with Gasteiger partial charge in [-0.15, -0.1) is 0 Å². The van der Waals surface area contributed by atoms with Crippen LogP contribution < -0.4 is 4.90 Å². The lowest BCUT2D eigenvalue weighted by molar-refractivity contribution is 0.790. The average molecular weight is 754 g/mol. The first-order valence-electron chi connectivity index (χ1n) is 20.7. The predicted octanol–water partition coefficient (Wildman–Crippen LogP) is 15.2. The smallest absolute Gasteiger partial charge is 0.0643 e. The summed E-state index contributed by atoms with van der Waals surface area (Å²) in [5, 5.41) is 0. The molecule has 0 saturated heterocycles. The minimum absolute atomic E-state index is 0.415. The fraction of sp³-hybridized carbons (Fsp3) is 0.158. The molecule has 0 fully saturated rings. The molecule has 0 saturated carbocycles. The monoisotopic (exact) mass is 753 g/mol. The summed E-state index contributed by atoms with van der Waals surface area (Å²) in [6, 6.07) is 42.0. The highest BCUT2D eigenvalue weighted by molar-refractivity contribution is 5.87. The van der Waals surface area contributed by atoms with E-state index in [1.165, 1.54) is 72.4 Å². The molecule has 1 nitrogen and oxygen atoms in total. The Morgan fingerprint density at radius 1 is 0.707 bits per heavy atom. The van der Waals surface area contributed by atoms with Gasteiger partial charge in [-0.3, -0.25) is 0 Å². The fourth-order valence-corrected chi connectivity index (χ4v) is 8.53. The number of hydrogen-bond donors (Lipinski definition) is 0. The number of benzene rings is 5. The molecule has 0 aromatic heterocycles. The van der Waals surface area contributed by atoms with E-state index in [1.54, 1.807) is 0 Å². The van der Waals surface area contributed by atoms with Crippen molar-refractivity contribution in [1.29, 1.82) is 0 Å². The molecule has 288 valence electrons. The highest BCUT2D eigenvalue weighted by Crippen LogP contribution is 2.50. The topological polar surface area (TPSA) is 3.24 Å². The van der Waals surface area contributed by atoms with Gasteiger partial charge < -0.3 is 4.90 Å². The number of nitrogens with zero attached hydrogens (tertiary/aromatic N) is 1. The van der Waals surface area contributed by atoms with Crippen molar-refractivity contribution in [2.45, 2.75) is 52.9 Å². The molecule has 0 radical (unpaired) electrons. The van der Waals surface area contributed by atoms with Crippen molar-refractivity contribution in [3.63, 3.8) is 0 Å². The first kappa shape index (κ1) is 39.8. The zero-order valence-corrected chi connectivity index (χ0v) is 34.8. The van der Waals surface area contributed by atoms with Gasteiger partial charge in [0.1, 0.15) is 0 Å². The van der Waals surface area contributed by atoms with Crippen molar-refractivity contribution >= 4 is 29.0 Å². The van der Waals surface area contributed by atoms with Crippen LogP contribution >= 0.6 is 0 Å². The molecule has 1 atom stereocenters. The summed E-state index contributed by atoms with van der Waals surface area (Å²) in [6.07, 6.45) is 31.2. The molecule has 7 rings (SSSR count). The van der Waals surface area contributed by atoms with Crippen LogP contribution in [0.4, 0.5) is 5.69 Å². The second kappa shape index (κ2) is 18.2. The first-order chi connectivity index (χ1) is 28.4. The van der Waals surface area contributed by atoms with Crippen molar-refractivity contribution in [3.05, 3.63) is 244 Å². The summed E-state index contributed by atoms with van der Waals surface area (Å²) < 4.78 is 0. The minimum Gasteiger partial charge on any atom is -0.338 e. The van der Waals surface area contributed by atoms with Crippen LogP contribution in [0, 0.1) is 13.8 Å². The van der Waals surface area contributed by atoms with Gasteiger partial charge in [-0.1, -0.05) is 177 Å². The lowest BCUT2D eigenvalue weighted by atomic mass is 9.70. The molecule has 0 bridgehead atoms. The SMILES string of the molecule is C=C(/C=C\C1=CC(C(/C=C\C)=C/C)(c2ccccc2)c2ccccc21)N(C/C=C\c1ccc(/C=C\C)c(C)c1C)c1cc(C2=CC=CCC2)cc(-c2ccccc2)c1. The molecule has 1 heteroatoms. The van der Waals surface area contributed by atoms with E-state index >= 15 is 0 Å². The molecule has 2 aliphatic rings. The van der Waals surface area contributed by atoms with Gasteiger partial charge >= 0.3 is 0 Å². The molecular weight excluding hydrogens is 699 g/mol. The summed E-state index contributed by atoms with van der Waals surface area (Å²) in [7, 11) is 0. The van der Waals surface area contributed by atoms with Gasteiger partial charge in [0.15, 0.2) is 0 Å². The normalized spacial score (nSPS) is 16.7. The van der Waals surface area contributed by atoms with Crippen molar-refractivity contribution in [1.82, 2.24) is 0 Å². The molecule has 0 aliphatic heterocycles. The van der Waals surface area contributed by atoms with Gasteiger partial charge in [-0.25, -0.2) is 0 Å². The Labute approximate surface area is 347 Å². The van der Waals surface area contributed by atoms with Crippen molar-refractivity contribution < 1.29 is 0 Å². The number of hydrogen-bond acceptors (Lipinski definition) is 1. The number of allylic oxidation sites excluding steroid dienone is 13. The van der Waals surface area contributed by atoms with Gasteiger partial charge in [0.05, 0.1) is 5.41 Å². The van der Waals surface area contributed by atoms with Crippen LogP contribution in [0.2, 0.25) is 0 Å². The van der Waals surface area contributed by atoms with E-state index < -0.39 is 5.41 Å². The Kier molecular flexibility index (Phi) is 12.5.